The summed E-state index contributed by atoms with van der Waals surface area (Å²) in [7, 11) is 0. The summed E-state index contributed by atoms with van der Waals surface area (Å²) < 4.78 is 5.18. The Bertz CT molecular complexity index is 867. The van der Waals surface area contributed by atoms with Gasteiger partial charge in [-0.3, -0.25) is 4.79 Å². The molecule has 0 spiro atoms. The summed E-state index contributed by atoms with van der Waals surface area (Å²) in [4.78, 5) is 11.9. The Kier molecular flexibility index (Phi) is 3.49. The zero-order valence-corrected chi connectivity index (χ0v) is 11.4. The molecule has 0 aliphatic carbocycles. The van der Waals surface area contributed by atoms with Gasteiger partial charge in [0.05, 0.1) is 17.2 Å². The number of hydrogen-bond donors (Lipinski definition) is 3. The molecule has 3 aromatic rings. The van der Waals surface area contributed by atoms with E-state index in [0.717, 1.165) is 0 Å². The van der Waals surface area contributed by atoms with Crippen molar-refractivity contribution in [2.45, 2.75) is 0 Å². The summed E-state index contributed by atoms with van der Waals surface area (Å²) in [5, 5.41) is 24.3. The number of phenols is 1. The maximum atomic E-state index is 11.9. The highest BCUT2D eigenvalue weighted by atomic mass is 16.5. The van der Waals surface area contributed by atoms with Gasteiger partial charge in [0.2, 0.25) is 0 Å². The van der Waals surface area contributed by atoms with Crippen LogP contribution in [0.15, 0.2) is 58.0 Å². The summed E-state index contributed by atoms with van der Waals surface area (Å²) in [6, 6.07) is 13.2. The number of phenolic OH excluding ortho intramolecular Hbond substituents is 1. The van der Waals surface area contributed by atoms with Gasteiger partial charge in [0, 0.05) is 5.39 Å². The van der Waals surface area contributed by atoms with Gasteiger partial charge in [-0.2, -0.15) is 5.10 Å². The first-order valence-electron chi connectivity index (χ1n) is 6.48. The van der Waals surface area contributed by atoms with Crippen LogP contribution in [-0.4, -0.2) is 22.3 Å². The van der Waals surface area contributed by atoms with Gasteiger partial charge in [0.15, 0.2) is 5.76 Å². The third kappa shape index (κ3) is 2.49. The molecule has 22 heavy (non-hydrogen) atoms. The lowest BCUT2D eigenvalue weighted by atomic mass is 10.2. The Morgan fingerprint density at radius 2 is 1.73 bits per heavy atom. The zero-order valence-electron chi connectivity index (χ0n) is 11.4. The van der Waals surface area contributed by atoms with Gasteiger partial charge in [-0.15, -0.1) is 0 Å². The molecule has 3 rings (SSSR count). The number of aromatic hydroxyl groups is 2. The maximum absolute atomic E-state index is 11.9. The van der Waals surface area contributed by atoms with E-state index in [1.807, 2.05) is 0 Å². The number of carbonyl (C=O) groups excluding carboxylic acids is 1. The molecule has 0 unspecified atom stereocenters. The smallest absolute Gasteiger partial charge is 0.290 e. The first-order chi connectivity index (χ1) is 10.7. The fourth-order valence-electron chi connectivity index (χ4n) is 2.07. The van der Waals surface area contributed by atoms with E-state index >= 15 is 0 Å². The van der Waals surface area contributed by atoms with Gasteiger partial charge in [-0.25, -0.2) is 5.43 Å². The molecule has 0 saturated carbocycles. The minimum absolute atomic E-state index is 0.117. The molecule has 2 aromatic carbocycles. The fraction of sp³-hybridized carbons (Fsp3) is 0. The summed E-state index contributed by atoms with van der Waals surface area (Å²) >= 11 is 0. The van der Waals surface area contributed by atoms with Crippen LogP contribution in [0.5, 0.6) is 11.7 Å². The van der Waals surface area contributed by atoms with Crippen molar-refractivity contribution >= 4 is 22.9 Å². The van der Waals surface area contributed by atoms with Crippen LogP contribution in [0.4, 0.5) is 0 Å². The SMILES string of the molecule is O=C(NN=Cc1oc(O)c2ccccc12)c1ccccc1O. The highest BCUT2D eigenvalue weighted by Crippen LogP contribution is 2.29. The first-order valence-corrected chi connectivity index (χ1v) is 6.48. The highest BCUT2D eigenvalue weighted by molar-refractivity contribution is 6.01. The molecule has 0 aliphatic rings. The number of furan rings is 1. The van der Waals surface area contributed by atoms with Crippen LogP contribution in [0.1, 0.15) is 16.1 Å². The molecule has 0 atom stereocenters. The number of hydrogen-bond acceptors (Lipinski definition) is 5. The number of rotatable bonds is 3. The predicted octanol–water partition coefficient (Wildman–Crippen LogP) is 2.61. The van der Waals surface area contributed by atoms with Crippen molar-refractivity contribution in [3.05, 3.63) is 59.9 Å². The number of hydrazone groups is 1. The molecular formula is C16H12N2O4. The molecule has 1 amide bonds. The van der Waals surface area contributed by atoms with Crippen molar-refractivity contribution in [3.63, 3.8) is 0 Å². The van der Waals surface area contributed by atoms with E-state index in [-0.39, 0.29) is 17.3 Å². The maximum Gasteiger partial charge on any atom is 0.290 e. The van der Waals surface area contributed by atoms with Crippen molar-refractivity contribution in [1.82, 2.24) is 5.43 Å². The van der Waals surface area contributed by atoms with Gasteiger partial charge in [-0.05, 0) is 18.2 Å². The van der Waals surface area contributed by atoms with E-state index in [9.17, 15) is 15.0 Å². The van der Waals surface area contributed by atoms with Crippen LogP contribution in [0.3, 0.4) is 0 Å². The number of amides is 1. The molecule has 0 radical (unpaired) electrons. The minimum Gasteiger partial charge on any atom is -0.507 e. The lowest BCUT2D eigenvalue weighted by Gasteiger charge is -2.01. The Labute approximate surface area is 125 Å². The number of carbonyl (C=O) groups is 1. The molecule has 0 saturated heterocycles. The van der Waals surface area contributed by atoms with Gasteiger partial charge in [0.1, 0.15) is 5.75 Å². The summed E-state index contributed by atoms with van der Waals surface area (Å²) in [5.74, 6) is -0.555. The fourth-order valence-corrected chi connectivity index (χ4v) is 2.07. The van der Waals surface area contributed by atoms with Crippen molar-refractivity contribution in [2.24, 2.45) is 5.10 Å². The van der Waals surface area contributed by atoms with Crippen molar-refractivity contribution in [3.8, 4) is 11.7 Å². The van der Waals surface area contributed by atoms with Gasteiger partial charge in [-0.1, -0.05) is 30.3 Å². The largest absolute Gasteiger partial charge is 0.507 e. The van der Waals surface area contributed by atoms with E-state index in [0.29, 0.717) is 16.5 Å². The number of fused-ring (bicyclic) bond motifs is 1. The van der Waals surface area contributed by atoms with Gasteiger partial charge in [0.25, 0.3) is 11.9 Å². The normalized spacial score (nSPS) is 11.1. The van der Waals surface area contributed by atoms with Gasteiger partial charge < -0.3 is 14.6 Å². The summed E-state index contributed by atoms with van der Waals surface area (Å²) in [6.45, 7) is 0. The van der Waals surface area contributed by atoms with E-state index in [1.54, 1.807) is 36.4 Å². The van der Waals surface area contributed by atoms with E-state index in [4.69, 9.17) is 4.42 Å². The monoisotopic (exact) mass is 296 g/mol. The Morgan fingerprint density at radius 1 is 1.05 bits per heavy atom. The Hall–Kier alpha value is -3.28. The second-order valence-corrected chi connectivity index (χ2v) is 4.53. The zero-order chi connectivity index (χ0) is 15.5. The lowest BCUT2D eigenvalue weighted by molar-refractivity contribution is 0.0952. The molecule has 3 N–H and O–H groups in total. The standard InChI is InChI=1S/C16H12N2O4/c19-13-8-4-3-7-12(13)15(20)18-17-9-14-10-5-1-2-6-11(10)16(21)22-14/h1-9,19,21H,(H,18,20). The third-order valence-electron chi connectivity index (χ3n) is 3.13. The Morgan fingerprint density at radius 3 is 2.50 bits per heavy atom. The molecule has 110 valence electrons. The Balaban J connectivity index is 1.80. The van der Waals surface area contributed by atoms with Crippen molar-refractivity contribution < 1.29 is 19.4 Å². The second kappa shape index (κ2) is 5.61. The molecule has 1 heterocycles. The van der Waals surface area contributed by atoms with Crippen LogP contribution >= 0.6 is 0 Å². The molecule has 6 heteroatoms. The first kappa shape index (κ1) is 13.7. The molecule has 0 fully saturated rings. The topological polar surface area (TPSA) is 95.1 Å². The number of benzene rings is 2. The van der Waals surface area contributed by atoms with Crippen LogP contribution in [-0.2, 0) is 0 Å². The minimum atomic E-state index is -0.547. The van der Waals surface area contributed by atoms with Crippen molar-refractivity contribution in [2.75, 3.05) is 0 Å². The molecule has 0 bridgehead atoms. The molecular weight excluding hydrogens is 284 g/mol. The van der Waals surface area contributed by atoms with Crippen molar-refractivity contribution in [1.29, 1.82) is 0 Å². The number of nitrogens with zero attached hydrogens (tertiary/aromatic N) is 1. The van der Waals surface area contributed by atoms with E-state index in [2.05, 4.69) is 10.5 Å². The van der Waals surface area contributed by atoms with Crippen LogP contribution in [0.25, 0.3) is 10.8 Å². The molecule has 6 nitrogen and oxygen atoms in total. The average Bonchev–Trinajstić information content (AvgIpc) is 2.85. The number of nitrogens with one attached hydrogen (secondary N) is 1. The number of para-hydroxylation sites is 1. The molecule has 0 aliphatic heterocycles. The quantitative estimate of drug-likeness (QED) is 0.511. The second-order valence-electron chi connectivity index (χ2n) is 4.53. The van der Waals surface area contributed by atoms with Crippen LogP contribution in [0.2, 0.25) is 0 Å². The summed E-state index contributed by atoms with van der Waals surface area (Å²) in [5.41, 5.74) is 2.41. The predicted molar refractivity (Wildman–Crippen MR) is 81.0 cm³/mol. The summed E-state index contributed by atoms with van der Waals surface area (Å²) in [6.07, 6.45) is 1.29. The lowest BCUT2D eigenvalue weighted by Crippen LogP contribution is -2.17. The van der Waals surface area contributed by atoms with Gasteiger partial charge >= 0.3 is 0 Å². The van der Waals surface area contributed by atoms with Crippen LogP contribution < -0.4 is 5.43 Å². The van der Waals surface area contributed by atoms with E-state index < -0.39 is 5.91 Å². The highest BCUT2D eigenvalue weighted by Gasteiger charge is 2.11. The third-order valence-corrected chi connectivity index (χ3v) is 3.13. The van der Waals surface area contributed by atoms with E-state index in [1.165, 1.54) is 18.3 Å². The average molecular weight is 296 g/mol. The van der Waals surface area contributed by atoms with Crippen LogP contribution in [0, 0.1) is 0 Å². The molecule has 1 aromatic heterocycles.